The Kier molecular flexibility index (Phi) is 1.60. The third-order valence-corrected chi connectivity index (χ3v) is 1.52. The van der Waals surface area contributed by atoms with Crippen LogP contribution in [0.2, 0.25) is 0 Å². The van der Waals surface area contributed by atoms with Crippen molar-refractivity contribution in [2.45, 2.75) is 12.5 Å². The minimum atomic E-state index is -0.684. The summed E-state index contributed by atoms with van der Waals surface area (Å²) < 4.78 is 0. The van der Waals surface area contributed by atoms with Crippen LogP contribution >= 0.6 is 0 Å². The highest BCUT2D eigenvalue weighted by atomic mass is 16.3. The predicted octanol–water partition coefficient (Wildman–Crippen LogP) is 0.239. The monoisotopic (exact) mass is 127 g/mol. The zero-order valence-corrected chi connectivity index (χ0v) is 5.80. The molecular formula is C7H13NO. The molecule has 1 aliphatic heterocycles. The number of nitrogens with zero attached hydrogens (tertiary/aromatic N) is 1. The summed E-state index contributed by atoms with van der Waals surface area (Å²) in [5.74, 6) is 0. The minimum Gasteiger partial charge on any atom is -0.385 e. The molecule has 52 valence electrons. The molecule has 0 aromatic carbocycles. The molecule has 0 aliphatic carbocycles. The van der Waals surface area contributed by atoms with Crippen molar-refractivity contribution >= 4 is 0 Å². The van der Waals surface area contributed by atoms with Crippen molar-refractivity contribution in [3.8, 4) is 0 Å². The van der Waals surface area contributed by atoms with E-state index in [0.29, 0.717) is 0 Å². The van der Waals surface area contributed by atoms with E-state index in [2.05, 4.69) is 11.5 Å². The molecular weight excluding hydrogens is 114 g/mol. The van der Waals surface area contributed by atoms with Gasteiger partial charge in [0, 0.05) is 19.6 Å². The summed E-state index contributed by atoms with van der Waals surface area (Å²) in [5, 5.41) is 9.37. The van der Waals surface area contributed by atoms with Crippen LogP contribution in [0, 0.1) is 0 Å². The first-order chi connectivity index (χ1) is 4.14. The van der Waals surface area contributed by atoms with Crippen molar-refractivity contribution in [2.75, 3.05) is 19.6 Å². The third kappa shape index (κ3) is 2.16. The normalized spacial score (nSPS) is 25.1. The minimum absolute atomic E-state index is 0.684. The average molecular weight is 127 g/mol. The van der Waals surface area contributed by atoms with Gasteiger partial charge >= 0.3 is 0 Å². The lowest BCUT2D eigenvalue weighted by Crippen LogP contribution is -2.30. The van der Waals surface area contributed by atoms with Crippen LogP contribution in [0.15, 0.2) is 12.7 Å². The van der Waals surface area contributed by atoms with Crippen molar-refractivity contribution < 1.29 is 5.11 Å². The maximum Gasteiger partial charge on any atom is 0.0923 e. The van der Waals surface area contributed by atoms with Crippen molar-refractivity contribution in [3.05, 3.63) is 12.7 Å². The first-order valence-electron chi connectivity index (χ1n) is 3.22. The van der Waals surface area contributed by atoms with E-state index in [1.807, 2.05) is 0 Å². The zero-order chi connectivity index (χ0) is 6.91. The molecule has 0 spiro atoms. The van der Waals surface area contributed by atoms with Crippen LogP contribution in [0.5, 0.6) is 0 Å². The number of hydrogen-bond acceptors (Lipinski definition) is 2. The van der Waals surface area contributed by atoms with Gasteiger partial charge in [0.2, 0.25) is 0 Å². The van der Waals surface area contributed by atoms with Crippen molar-refractivity contribution in [3.63, 3.8) is 0 Å². The van der Waals surface area contributed by atoms with E-state index in [1.54, 1.807) is 13.0 Å². The summed E-state index contributed by atoms with van der Waals surface area (Å²) in [5.41, 5.74) is -0.684. The Morgan fingerprint density at radius 1 is 1.78 bits per heavy atom. The molecule has 2 nitrogen and oxygen atoms in total. The van der Waals surface area contributed by atoms with Gasteiger partial charge in [-0.2, -0.15) is 0 Å². The second-order valence-electron chi connectivity index (χ2n) is 2.84. The van der Waals surface area contributed by atoms with Gasteiger partial charge in [-0.1, -0.05) is 6.08 Å². The fraction of sp³-hybridized carbons (Fsp3) is 0.714. The van der Waals surface area contributed by atoms with Crippen LogP contribution in [0.4, 0.5) is 0 Å². The Balaban J connectivity index is 2.29. The molecule has 0 radical (unpaired) electrons. The fourth-order valence-corrected chi connectivity index (χ4v) is 0.746. The first-order valence-corrected chi connectivity index (χ1v) is 3.22. The van der Waals surface area contributed by atoms with Crippen LogP contribution < -0.4 is 0 Å². The van der Waals surface area contributed by atoms with Crippen LogP contribution in [-0.4, -0.2) is 35.2 Å². The summed E-state index contributed by atoms with van der Waals surface area (Å²) in [6.45, 7) is 8.30. The molecule has 0 aromatic heterocycles. The third-order valence-electron chi connectivity index (χ3n) is 1.52. The molecule has 1 atom stereocenters. The van der Waals surface area contributed by atoms with Crippen molar-refractivity contribution in [2.24, 2.45) is 0 Å². The van der Waals surface area contributed by atoms with Gasteiger partial charge in [0.05, 0.1) is 5.60 Å². The van der Waals surface area contributed by atoms with E-state index in [1.165, 1.54) is 0 Å². The second kappa shape index (κ2) is 2.12. The molecule has 0 saturated carbocycles. The molecule has 1 fully saturated rings. The summed E-state index contributed by atoms with van der Waals surface area (Å²) >= 11 is 0. The summed E-state index contributed by atoms with van der Waals surface area (Å²) in [6, 6.07) is 0. The molecule has 0 bridgehead atoms. The molecule has 0 aromatic rings. The van der Waals surface area contributed by atoms with Gasteiger partial charge in [-0.3, -0.25) is 4.90 Å². The van der Waals surface area contributed by atoms with Gasteiger partial charge in [0.1, 0.15) is 0 Å². The van der Waals surface area contributed by atoms with Crippen molar-refractivity contribution in [1.82, 2.24) is 4.90 Å². The first kappa shape index (κ1) is 6.78. The Labute approximate surface area is 55.8 Å². The summed E-state index contributed by atoms with van der Waals surface area (Å²) in [7, 11) is 0. The summed E-state index contributed by atoms with van der Waals surface area (Å²) in [6.07, 6.45) is 1.59. The van der Waals surface area contributed by atoms with E-state index in [9.17, 15) is 5.11 Å². The van der Waals surface area contributed by atoms with E-state index in [4.69, 9.17) is 0 Å². The van der Waals surface area contributed by atoms with Crippen LogP contribution in [-0.2, 0) is 0 Å². The topological polar surface area (TPSA) is 23.2 Å². The van der Waals surface area contributed by atoms with Crippen LogP contribution in [0.25, 0.3) is 0 Å². The van der Waals surface area contributed by atoms with E-state index >= 15 is 0 Å². The largest absolute Gasteiger partial charge is 0.385 e. The average Bonchev–Trinajstić information content (AvgIpc) is 2.50. The zero-order valence-electron chi connectivity index (χ0n) is 5.80. The molecule has 1 aliphatic rings. The Morgan fingerprint density at radius 2 is 2.33 bits per heavy atom. The summed E-state index contributed by atoms with van der Waals surface area (Å²) in [4.78, 5) is 2.17. The van der Waals surface area contributed by atoms with Gasteiger partial charge < -0.3 is 5.11 Å². The van der Waals surface area contributed by atoms with E-state index in [0.717, 1.165) is 19.6 Å². The standard InChI is InChI=1S/C7H13NO/c1-3-7(2,9)6-8-4-5-8/h3,9H,1,4-6H2,2H3. The molecule has 0 amide bonds. The smallest absolute Gasteiger partial charge is 0.0923 e. The predicted molar refractivity (Wildman–Crippen MR) is 37.3 cm³/mol. The highest BCUT2D eigenvalue weighted by molar-refractivity contribution is 4.96. The highest BCUT2D eigenvalue weighted by Gasteiger charge is 2.26. The van der Waals surface area contributed by atoms with E-state index < -0.39 is 5.60 Å². The molecule has 2 heteroatoms. The number of aliphatic hydroxyl groups is 1. The number of rotatable bonds is 3. The van der Waals surface area contributed by atoms with Gasteiger partial charge in [0.25, 0.3) is 0 Å². The molecule has 9 heavy (non-hydrogen) atoms. The Morgan fingerprint density at radius 3 is 2.67 bits per heavy atom. The SMILES string of the molecule is C=CC(C)(O)CN1CC1. The van der Waals surface area contributed by atoms with Gasteiger partial charge in [0.15, 0.2) is 0 Å². The molecule has 1 saturated heterocycles. The van der Waals surface area contributed by atoms with Gasteiger partial charge in [-0.25, -0.2) is 0 Å². The maximum atomic E-state index is 9.37. The Bertz CT molecular complexity index is 116. The van der Waals surface area contributed by atoms with Gasteiger partial charge in [-0.05, 0) is 6.92 Å². The van der Waals surface area contributed by atoms with Gasteiger partial charge in [-0.15, -0.1) is 6.58 Å². The fourth-order valence-electron chi connectivity index (χ4n) is 0.746. The quantitative estimate of drug-likeness (QED) is 0.433. The lowest BCUT2D eigenvalue weighted by molar-refractivity contribution is 0.0946. The molecule has 1 rings (SSSR count). The molecule has 1 N–H and O–H groups in total. The second-order valence-corrected chi connectivity index (χ2v) is 2.84. The lowest BCUT2D eigenvalue weighted by Gasteiger charge is -2.17. The number of β-amino-alcohol motifs (C(OH)–C–C–N with tert-alkyl or cyclic N) is 1. The molecule has 1 unspecified atom stereocenters. The lowest BCUT2D eigenvalue weighted by atomic mass is 10.1. The van der Waals surface area contributed by atoms with E-state index in [-0.39, 0.29) is 0 Å². The van der Waals surface area contributed by atoms with Crippen LogP contribution in [0.1, 0.15) is 6.92 Å². The van der Waals surface area contributed by atoms with Crippen LogP contribution in [0.3, 0.4) is 0 Å². The molecule has 1 heterocycles. The van der Waals surface area contributed by atoms with Crippen molar-refractivity contribution in [1.29, 1.82) is 0 Å². The number of hydrogen-bond donors (Lipinski definition) is 1. The highest BCUT2D eigenvalue weighted by Crippen LogP contribution is 2.12. The Hall–Kier alpha value is -0.340. The maximum absolute atomic E-state index is 9.37.